The Morgan fingerprint density at radius 2 is 1.94 bits per heavy atom. The number of amides is 1. The lowest BCUT2D eigenvalue weighted by Gasteiger charge is -2.14. The van der Waals surface area contributed by atoms with Gasteiger partial charge in [-0.3, -0.25) is 4.79 Å². The second-order valence-electron chi connectivity index (χ2n) is 6.72. The van der Waals surface area contributed by atoms with Crippen molar-refractivity contribution in [3.63, 3.8) is 0 Å². The van der Waals surface area contributed by atoms with Gasteiger partial charge in [-0.25, -0.2) is 4.98 Å². The molecule has 1 unspecified atom stereocenters. The number of nitrogens with two attached hydrogens (primary N) is 1. The number of nitrogens with one attached hydrogen (secondary N) is 3. The fourth-order valence-corrected chi connectivity index (χ4v) is 3.12. The summed E-state index contributed by atoms with van der Waals surface area (Å²) >= 11 is 3.39. The van der Waals surface area contributed by atoms with Crippen LogP contribution in [0, 0.1) is 11.3 Å². The predicted octanol–water partition coefficient (Wildman–Crippen LogP) is 3.82. The minimum Gasteiger partial charge on any atom is -0.368 e. The summed E-state index contributed by atoms with van der Waals surface area (Å²) in [6.45, 7) is 0.482. The zero-order valence-corrected chi connectivity index (χ0v) is 18.3. The number of benzene rings is 2. The predicted molar refractivity (Wildman–Crippen MR) is 125 cm³/mol. The number of hydrogen-bond acceptors (Lipinski definition) is 7. The first-order valence-electron chi connectivity index (χ1n) is 9.66. The number of rotatable bonds is 9. The summed E-state index contributed by atoms with van der Waals surface area (Å²) in [5.74, 6) is 0.709. The largest absolute Gasteiger partial charge is 0.368 e. The van der Waals surface area contributed by atoms with E-state index in [-0.39, 0.29) is 5.91 Å². The first-order chi connectivity index (χ1) is 15.0. The molecule has 2 aromatic carbocycles. The van der Waals surface area contributed by atoms with Crippen molar-refractivity contribution in [2.24, 2.45) is 5.73 Å². The van der Waals surface area contributed by atoms with Gasteiger partial charge in [0.25, 0.3) is 0 Å². The molecule has 158 valence electrons. The summed E-state index contributed by atoms with van der Waals surface area (Å²) in [5.41, 5.74) is 8.39. The first-order valence-corrected chi connectivity index (χ1v) is 10.5. The molecule has 3 rings (SSSR count). The first kappa shape index (κ1) is 22.2. The second kappa shape index (κ2) is 11.1. The van der Waals surface area contributed by atoms with E-state index in [0.29, 0.717) is 47.0 Å². The van der Waals surface area contributed by atoms with E-state index in [1.54, 1.807) is 18.3 Å². The molecule has 1 heterocycles. The highest BCUT2D eigenvalue weighted by Gasteiger charge is 2.14. The third-order valence-electron chi connectivity index (χ3n) is 4.29. The molecule has 8 nitrogen and oxygen atoms in total. The van der Waals surface area contributed by atoms with Crippen molar-refractivity contribution in [1.82, 2.24) is 9.97 Å². The zero-order valence-electron chi connectivity index (χ0n) is 16.7. The van der Waals surface area contributed by atoms with Crippen LogP contribution in [0.1, 0.15) is 12.0 Å². The van der Waals surface area contributed by atoms with Crippen molar-refractivity contribution in [1.29, 1.82) is 5.26 Å². The molecule has 0 saturated carbocycles. The highest BCUT2D eigenvalue weighted by Crippen LogP contribution is 2.23. The van der Waals surface area contributed by atoms with Crippen LogP contribution in [0.4, 0.5) is 23.1 Å². The van der Waals surface area contributed by atoms with Gasteiger partial charge in [0.05, 0.1) is 23.0 Å². The molecule has 0 aliphatic carbocycles. The van der Waals surface area contributed by atoms with E-state index in [4.69, 9.17) is 11.0 Å². The molecule has 5 N–H and O–H groups in total. The molecule has 0 radical (unpaired) electrons. The van der Waals surface area contributed by atoms with Crippen molar-refractivity contribution in [2.45, 2.75) is 18.9 Å². The summed E-state index contributed by atoms with van der Waals surface area (Å²) in [5, 5.41) is 17.7. The van der Waals surface area contributed by atoms with Crippen LogP contribution < -0.4 is 21.7 Å². The van der Waals surface area contributed by atoms with Crippen molar-refractivity contribution in [3.05, 3.63) is 70.8 Å². The van der Waals surface area contributed by atoms with Gasteiger partial charge in [0.15, 0.2) is 0 Å². The van der Waals surface area contributed by atoms with Crippen LogP contribution in [0.25, 0.3) is 0 Å². The molecular weight excluding hydrogens is 458 g/mol. The lowest BCUT2D eigenvalue weighted by atomic mass is 10.1. The summed E-state index contributed by atoms with van der Waals surface area (Å²) in [6, 6.07) is 18.3. The maximum absolute atomic E-state index is 12.5. The van der Waals surface area contributed by atoms with E-state index in [2.05, 4.69) is 47.9 Å². The Bertz CT molecular complexity index is 1070. The number of nitriles is 1. The molecule has 1 atom stereocenters. The molecule has 9 heteroatoms. The van der Waals surface area contributed by atoms with Gasteiger partial charge in [0.2, 0.25) is 11.9 Å². The number of anilines is 4. The van der Waals surface area contributed by atoms with Crippen molar-refractivity contribution >= 4 is 45.0 Å². The molecular formula is C22H22BrN7O. The number of carbonyl (C=O) groups excluding carboxylic acids is 1. The van der Waals surface area contributed by atoms with Gasteiger partial charge < -0.3 is 21.7 Å². The Balaban J connectivity index is 1.63. The summed E-state index contributed by atoms with van der Waals surface area (Å²) < 4.78 is 0.699. The maximum atomic E-state index is 12.5. The minimum absolute atomic E-state index is 0.259. The second-order valence-corrected chi connectivity index (χ2v) is 7.57. The zero-order chi connectivity index (χ0) is 22.1. The van der Waals surface area contributed by atoms with Gasteiger partial charge in [-0.1, -0.05) is 36.4 Å². The molecule has 31 heavy (non-hydrogen) atoms. The van der Waals surface area contributed by atoms with Gasteiger partial charge in [0.1, 0.15) is 5.82 Å². The third kappa shape index (κ3) is 6.77. The molecule has 1 amide bonds. The Morgan fingerprint density at radius 1 is 1.16 bits per heavy atom. The molecule has 1 aromatic heterocycles. The van der Waals surface area contributed by atoms with Crippen LogP contribution in [-0.4, -0.2) is 28.5 Å². The maximum Gasteiger partial charge on any atom is 0.241 e. The monoisotopic (exact) mass is 479 g/mol. The van der Waals surface area contributed by atoms with Gasteiger partial charge >= 0.3 is 0 Å². The van der Waals surface area contributed by atoms with Crippen LogP contribution in [0.15, 0.2) is 65.3 Å². The summed E-state index contributed by atoms with van der Waals surface area (Å²) in [4.78, 5) is 21.1. The third-order valence-corrected chi connectivity index (χ3v) is 4.88. The van der Waals surface area contributed by atoms with Crippen LogP contribution in [0.3, 0.4) is 0 Å². The van der Waals surface area contributed by atoms with Crippen molar-refractivity contribution in [3.8, 4) is 6.07 Å². The summed E-state index contributed by atoms with van der Waals surface area (Å²) in [7, 11) is 0. The highest BCUT2D eigenvalue weighted by molar-refractivity contribution is 9.10. The Labute approximate surface area is 189 Å². The normalized spacial score (nSPS) is 11.3. The van der Waals surface area contributed by atoms with E-state index in [0.717, 1.165) is 5.56 Å². The van der Waals surface area contributed by atoms with Gasteiger partial charge in [0, 0.05) is 24.1 Å². The van der Waals surface area contributed by atoms with Crippen molar-refractivity contribution in [2.75, 3.05) is 22.5 Å². The Kier molecular flexibility index (Phi) is 7.92. The van der Waals surface area contributed by atoms with Gasteiger partial charge in [-0.15, -0.1) is 0 Å². The fourth-order valence-electron chi connectivity index (χ4n) is 2.79. The molecule has 0 bridgehead atoms. The SMILES string of the molecule is N#CCCNc1nc(Nc2cccc(NC(=O)C(N)Cc3ccccc3)c2)ncc1Br. The quantitative estimate of drug-likeness (QED) is 0.343. The van der Waals surface area contributed by atoms with E-state index < -0.39 is 6.04 Å². The Hall–Kier alpha value is -3.48. The number of halogens is 1. The average molecular weight is 480 g/mol. The highest BCUT2D eigenvalue weighted by atomic mass is 79.9. The van der Waals surface area contributed by atoms with Crippen molar-refractivity contribution < 1.29 is 4.79 Å². The minimum atomic E-state index is -0.657. The topological polar surface area (TPSA) is 129 Å². The lowest BCUT2D eigenvalue weighted by Crippen LogP contribution is -2.37. The number of nitrogens with zero attached hydrogens (tertiary/aromatic N) is 3. The molecule has 0 fully saturated rings. The molecule has 0 aliphatic rings. The Morgan fingerprint density at radius 3 is 2.71 bits per heavy atom. The molecule has 0 aliphatic heterocycles. The molecule has 3 aromatic rings. The molecule has 0 saturated heterocycles. The van der Waals surface area contributed by atoms with E-state index in [1.165, 1.54) is 0 Å². The number of aromatic nitrogens is 2. The van der Waals surface area contributed by atoms with Crippen LogP contribution in [0.2, 0.25) is 0 Å². The van der Waals surface area contributed by atoms with E-state index >= 15 is 0 Å². The van der Waals surface area contributed by atoms with Gasteiger partial charge in [-0.05, 0) is 46.1 Å². The average Bonchev–Trinajstić information content (AvgIpc) is 2.77. The van der Waals surface area contributed by atoms with Crippen LogP contribution in [-0.2, 0) is 11.2 Å². The standard InChI is InChI=1S/C22H22BrN7O/c23-18-14-27-22(30-20(18)26-11-5-10-24)29-17-9-4-8-16(13-17)28-21(31)19(25)12-15-6-2-1-3-7-15/h1-4,6-9,13-14,19H,5,11-12,25H2,(H,28,31)(H2,26,27,29,30). The van der Waals surface area contributed by atoms with Gasteiger partial charge in [-0.2, -0.15) is 10.2 Å². The summed E-state index contributed by atoms with van der Waals surface area (Å²) in [6.07, 6.45) is 2.45. The fraction of sp³-hybridized carbons (Fsp3) is 0.182. The number of carbonyl (C=O) groups is 1. The van der Waals surface area contributed by atoms with Crippen LogP contribution in [0.5, 0.6) is 0 Å². The van der Waals surface area contributed by atoms with Crippen LogP contribution >= 0.6 is 15.9 Å². The lowest BCUT2D eigenvalue weighted by molar-refractivity contribution is -0.117. The number of hydrogen-bond donors (Lipinski definition) is 4. The van der Waals surface area contributed by atoms with E-state index in [1.807, 2.05) is 42.5 Å². The molecule has 0 spiro atoms. The van der Waals surface area contributed by atoms with E-state index in [9.17, 15) is 4.79 Å². The smallest absolute Gasteiger partial charge is 0.241 e.